The predicted molar refractivity (Wildman–Crippen MR) is 166 cm³/mol. The number of rotatable bonds is 12. The van der Waals surface area contributed by atoms with Gasteiger partial charge in [-0.3, -0.25) is 24.2 Å². The van der Waals surface area contributed by atoms with E-state index in [4.69, 9.17) is 0 Å². The van der Waals surface area contributed by atoms with Crippen molar-refractivity contribution in [1.82, 2.24) is 20.2 Å². The first-order valence-corrected chi connectivity index (χ1v) is 15.5. The normalized spacial score (nSPS) is 23.4. The lowest BCUT2D eigenvalue weighted by molar-refractivity contribution is -0.134. The number of carbonyl (C=O) groups is 5. The number of pyridine rings is 2. The summed E-state index contributed by atoms with van der Waals surface area (Å²) >= 11 is 0. The smallest absolute Gasteiger partial charge is 0.339 e. The van der Waals surface area contributed by atoms with Crippen LogP contribution in [0.4, 0.5) is 5.69 Å². The number of anilines is 1. The molecule has 1 atom stereocenters. The summed E-state index contributed by atoms with van der Waals surface area (Å²) in [6.07, 6.45) is 12.9. The zero-order chi connectivity index (χ0) is 32.8. The minimum absolute atomic E-state index is 0.0121. The van der Waals surface area contributed by atoms with Gasteiger partial charge in [-0.25, -0.2) is 9.59 Å². The van der Waals surface area contributed by atoms with Crippen LogP contribution < -0.4 is 21.5 Å². The van der Waals surface area contributed by atoms with E-state index in [1.54, 1.807) is 6.07 Å². The average Bonchev–Trinajstić information content (AvgIpc) is 3.05. The third-order valence-electron chi connectivity index (χ3n) is 9.27. The quantitative estimate of drug-likeness (QED) is 0.234. The van der Waals surface area contributed by atoms with E-state index < -0.39 is 35.4 Å². The van der Waals surface area contributed by atoms with Crippen LogP contribution in [0.1, 0.15) is 65.7 Å². The molecule has 2 aromatic heterocycles. The van der Waals surface area contributed by atoms with Gasteiger partial charge >= 0.3 is 11.9 Å². The van der Waals surface area contributed by atoms with E-state index in [-0.39, 0.29) is 48.1 Å². The van der Waals surface area contributed by atoms with E-state index in [9.17, 15) is 28.8 Å². The summed E-state index contributed by atoms with van der Waals surface area (Å²) in [5.41, 5.74) is -0.567. The van der Waals surface area contributed by atoms with Gasteiger partial charge in [-0.05, 0) is 86.8 Å². The molecule has 0 aromatic carbocycles. The monoisotopic (exact) mass is 633 g/mol. The molecule has 2 aromatic rings. The second kappa shape index (κ2) is 14.5. The molecular formula is C33H39N5O8. The van der Waals surface area contributed by atoms with E-state index in [2.05, 4.69) is 30.4 Å². The Morgan fingerprint density at radius 1 is 1.00 bits per heavy atom. The number of allylic oxidation sites excluding steroid dienone is 1. The van der Waals surface area contributed by atoms with Crippen molar-refractivity contribution in [2.45, 2.75) is 63.6 Å². The van der Waals surface area contributed by atoms with Crippen LogP contribution in [-0.4, -0.2) is 65.5 Å². The highest BCUT2D eigenvalue weighted by atomic mass is 16.5. The minimum Gasteiger partial charge on any atom is -0.466 e. The maximum absolute atomic E-state index is 13.4. The van der Waals surface area contributed by atoms with Crippen molar-refractivity contribution < 1.29 is 33.4 Å². The van der Waals surface area contributed by atoms with Crippen LogP contribution in [0, 0.1) is 23.7 Å². The van der Waals surface area contributed by atoms with Gasteiger partial charge in [0.1, 0.15) is 18.3 Å². The Morgan fingerprint density at radius 3 is 2.37 bits per heavy atom. The number of hydrogen-bond acceptors (Lipinski definition) is 9. The summed E-state index contributed by atoms with van der Waals surface area (Å²) in [5.74, 6) is -0.341. The number of ether oxygens (including phenoxy) is 2. The first kappa shape index (κ1) is 32.6. The second-order valence-corrected chi connectivity index (χ2v) is 12.4. The van der Waals surface area contributed by atoms with Crippen LogP contribution in [0.25, 0.3) is 0 Å². The molecule has 4 bridgehead atoms. The van der Waals surface area contributed by atoms with Crippen LogP contribution in [-0.2, 0) is 30.4 Å². The molecule has 3 N–H and O–H groups in total. The SMILES string of the molecule is COC(=O)/C=C/CC[C@H](NC(=O)c1cncc(C(=O)OC)c1)C(=O)Nc1cccn(CC(=O)NC2C3CC4CC(C3)CC2C4)c1=O. The average molecular weight is 634 g/mol. The summed E-state index contributed by atoms with van der Waals surface area (Å²) in [6.45, 7) is -0.187. The van der Waals surface area contributed by atoms with Crippen molar-refractivity contribution in [3.8, 4) is 0 Å². The molecule has 4 saturated carbocycles. The Morgan fingerprint density at radius 2 is 1.70 bits per heavy atom. The van der Waals surface area contributed by atoms with Crippen LogP contribution in [0.5, 0.6) is 0 Å². The van der Waals surface area contributed by atoms with Crippen molar-refractivity contribution in [2.24, 2.45) is 23.7 Å². The van der Waals surface area contributed by atoms with E-state index in [1.807, 2.05) is 0 Å². The third kappa shape index (κ3) is 7.69. The minimum atomic E-state index is -1.15. The molecule has 46 heavy (non-hydrogen) atoms. The Bertz CT molecular complexity index is 1560. The summed E-state index contributed by atoms with van der Waals surface area (Å²) in [4.78, 5) is 80.1. The van der Waals surface area contributed by atoms with Crippen LogP contribution in [0.2, 0.25) is 0 Å². The highest BCUT2D eigenvalue weighted by Crippen LogP contribution is 2.53. The molecule has 0 spiro atoms. The molecule has 13 heteroatoms. The largest absolute Gasteiger partial charge is 0.466 e. The number of carbonyl (C=O) groups excluding carboxylic acids is 5. The molecular weight excluding hydrogens is 594 g/mol. The Hall–Kier alpha value is -4.81. The fourth-order valence-electron chi connectivity index (χ4n) is 7.34. The lowest BCUT2D eigenvalue weighted by Crippen LogP contribution is -2.56. The van der Waals surface area contributed by atoms with Gasteiger partial charge < -0.3 is 30.0 Å². The predicted octanol–water partition coefficient (Wildman–Crippen LogP) is 2.22. The number of nitrogens with one attached hydrogen (secondary N) is 3. The molecule has 0 aliphatic heterocycles. The standard InChI is InChI=1S/C33H39N5O8/c1-45-28(40)8-4-3-6-25(35-30(41)23-15-24(17-34-16-23)33(44)46-2)31(42)36-26-7-5-9-38(32(26)43)18-27(39)37-29-21-11-19-10-20(13-21)14-22(29)12-19/h4-5,7-9,15-17,19-22,25,29H,3,6,10-14,18H2,1-2H3,(H,35,41)(H,36,42)(H,37,39)/b8-4+/t19?,20?,21?,22?,25-,29?/m0/s1. The number of amides is 3. The van der Waals surface area contributed by atoms with Crippen molar-refractivity contribution in [1.29, 1.82) is 0 Å². The van der Waals surface area contributed by atoms with Gasteiger partial charge in [0.2, 0.25) is 11.8 Å². The molecule has 0 unspecified atom stereocenters. The molecule has 2 heterocycles. The topological polar surface area (TPSA) is 175 Å². The second-order valence-electron chi connectivity index (χ2n) is 12.4. The first-order valence-electron chi connectivity index (χ1n) is 15.5. The summed E-state index contributed by atoms with van der Waals surface area (Å²) < 4.78 is 10.5. The zero-order valence-electron chi connectivity index (χ0n) is 25.9. The molecule has 0 saturated heterocycles. The molecule has 13 nitrogen and oxygen atoms in total. The number of aromatic nitrogens is 2. The lowest BCUT2D eigenvalue weighted by Gasteiger charge is -2.54. The van der Waals surface area contributed by atoms with Crippen molar-refractivity contribution in [3.05, 3.63) is 70.4 Å². The summed E-state index contributed by atoms with van der Waals surface area (Å²) in [6, 6.07) is 3.25. The van der Waals surface area contributed by atoms with Gasteiger partial charge in [-0.2, -0.15) is 0 Å². The van der Waals surface area contributed by atoms with Crippen LogP contribution >= 0.6 is 0 Å². The van der Waals surface area contributed by atoms with Gasteiger partial charge in [0.15, 0.2) is 0 Å². The van der Waals surface area contributed by atoms with Crippen LogP contribution in [0.15, 0.2) is 53.7 Å². The number of nitrogens with zero attached hydrogens (tertiary/aromatic N) is 2. The van der Waals surface area contributed by atoms with Gasteiger partial charge in [-0.15, -0.1) is 0 Å². The highest BCUT2D eigenvalue weighted by molar-refractivity contribution is 6.02. The molecule has 4 fully saturated rings. The fraction of sp³-hybridized carbons (Fsp3) is 0.485. The van der Waals surface area contributed by atoms with Gasteiger partial charge in [-0.1, -0.05) is 6.08 Å². The van der Waals surface area contributed by atoms with Crippen molar-refractivity contribution in [2.75, 3.05) is 19.5 Å². The van der Waals surface area contributed by atoms with E-state index in [1.165, 1.54) is 68.1 Å². The lowest BCUT2D eigenvalue weighted by atomic mass is 9.54. The molecule has 3 amide bonds. The number of esters is 2. The van der Waals surface area contributed by atoms with Gasteiger partial charge in [0.05, 0.1) is 25.3 Å². The van der Waals surface area contributed by atoms with Crippen LogP contribution in [0.3, 0.4) is 0 Å². The summed E-state index contributed by atoms with van der Waals surface area (Å²) in [5, 5.41) is 8.39. The molecule has 6 rings (SSSR count). The Labute approximate surface area is 266 Å². The van der Waals surface area contributed by atoms with E-state index in [0.717, 1.165) is 37.5 Å². The van der Waals surface area contributed by atoms with Crippen molar-refractivity contribution >= 4 is 35.3 Å². The van der Waals surface area contributed by atoms with Crippen molar-refractivity contribution in [3.63, 3.8) is 0 Å². The number of methoxy groups -OCH3 is 2. The summed E-state index contributed by atoms with van der Waals surface area (Å²) in [7, 11) is 2.43. The highest BCUT2D eigenvalue weighted by Gasteiger charge is 2.48. The maximum atomic E-state index is 13.4. The van der Waals surface area contributed by atoms with Gasteiger partial charge in [0.25, 0.3) is 11.5 Å². The molecule has 4 aliphatic carbocycles. The molecule has 244 valence electrons. The fourth-order valence-corrected chi connectivity index (χ4v) is 7.34. The Kier molecular flexibility index (Phi) is 10.3. The van der Waals surface area contributed by atoms with E-state index >= 15 is 0 Å². The zero-order valence-corrected chi connectivity index (χ0v) is 25.9. The van der Waals surface area contributed by atoms with Gasteiger partial charge in [0, 0.05) is 30.7 Å². The first-order chi connectivity index (χ1) is 22.1. The van der Waals surface area contributed by atoms with E-state index in [0.29, 0.717) is 11.8 Å². The maximum Gasteiger partial charge on any atom is 0.339 e. The third-order valence-corrected chi connectivity index (χ3v) is 9.27. The molecule has 0 radical (unpaired) electrons. The molecule has 4 aliphatic rings. The number of hydrogen-bond donors (Lipinski definition) is 3. The Balaban J connectivity index is 1.25.